The molecule has 1 heterocycles. The molecule has 2 rings (SSSR count). The zero-order valence-electron chi connectivity index (χ0n) is 11.8. The summed E-state index contributed by atoms with van der Waals surface area (Å²) in [5.41, 5.74) is 9.88. The molecule has 0 aliphatic carbocycles. The van der Waals surface area contributed by atoms with Crippen LogP contribution in [0.2, 0.25) is 0 Å². The van der Waals surface area contributed by atoms with Gasteiger partial charge in [-0.25, -0.2) is 0 Å². The van der Waals surface area contributed by atoms with E-state index in [1.807, 2.05) is 44.2 Å². The van der Waals surface area contributed by atoms with Crippen LogP contribution < -0.4 is 11.1 Å². The maximum absolute atomic E-state index is 12.0. The Balaban J connectivity index is 1.89. The largest absolute Gasteiger partial charge is 0.351 e. The number of hydrogen-bond acceptors (Lipinski definition) is 3. The fourth-order valence-electron chi connectivity index (χ4n) is 2.10. The Hall–Kier alpha value is -2.14. The number of carbonyl (C=O) groups is 1. The van der Waals surface area contributed by atoms with E-state index in [1.54, 1.807) is 0 Å². The number of H-pyrrole nitrogens is 1. The van der Waals surface area contributed by atoms with E-state index >= 15 is 0 Å². The van der Waals surface area contributed by atoms with Crippen molar-refractivity contribution in [1.82, 2.24) is 15.5 Å². The molecule has 1 aromatic heterocycles. The van der Waals surface area contributed by atoms with Gasteiger partial charge in [0.1, 0.15) is 0 Å². The molecule has 0 radical (unpaired) electrons. The highest BCUT2D eigenvalue weighted by Crippen LogP contribution is 2.08. The van der Waals surface area contributed by atoms with Gasteiger partial charge in [-0.3, -0.25) is 9.89 Å². The quantitative estimate of drug-likeness (QED) is 0.765. The monoisotopic (exact) mass is 272 g/mol. The van der Waals surface area contributed by atoms with Crippen LogP contribution in [0.3, 0.4) is 0 Å². The van der Waals surface area contributed by atoms with Crippen molar-refractivity contribution in [2.45, 2.75) is 32.9 Å². The zero-order chi connectivity index (χ0) is 14.5. The molecule has 0 saturated carbocycles. The van der Waals surface area contributed by atoms with Gasteiger partial charge in [0.05, 0.1) is 11.7 Å². The molecule has 5 nitrogen and oxygen atoms in total. The standard InChI is InChI=1S/C15H20N4O/c1-10-13(11(2)19-18-10)9-17-15(20)14(16)8-12-6-4-3-5-7-12/h3-7,14H,8-9,16H2,1-2H3,(H,17,20)(H,18,19). The fraction of sp³-hybridized carbons (Fsp3) is 0.333. The van der Waals surface area contributed by atoms with E-state index in [0.29, 0.717) is 13.0 Å². The Kier molecular flexibility index (Phi) is 4.53. The summed E-state index contributed by atoms with van der Waals surface area (Å²) in [5.74, 6) is -0.145. The summed E-state index contributed by atoms with van der Waals surface area (Å²) in [6, 6.07) is 9.23. The van der Waals surface area contributed by atoms with Crippen molar-refractivity contribution in [3.05, 3.63) is 52.8 Å². The Morgan fingerprint density at radius 1 is 1.35 bits per heavy atom. The van der Waals surface area contributed by atoms with Crippen molar-refractivity contribution in [2.75, 3.05) is 0 Å². The average molecular weight is 272 g/mol. The van der Waals surface area contributed by atoms with Crippen molar-refractivity contribution in [3.63, 3.8) is 0 Å². The second-order valence-electron chi connectivity index (χ2n) is 4.93. The first-order valence-corrected chi connectivity index (χ1v) is 6.65. The summed E-state index contributed by atoms with van der Waals surface area (Å²) in [7, 11) is 0. The van der Waals surface area contributed by atoms with E-state index in [2.05, 4.69) is 15.5 Å². The van der Waals surface area contributed by atoms with Crippen molar-refractivity contribution in [3.8, 4) is 0 Å². The third kappa shape index (κ3) is 3.45. The van der Waals surface area contributed by atoms with Gasteiger partial charge in [0.25, 0.3) is 0 Å². The number of nitrogens with zero attached hydrogens (tertiary/aromatic N) is 1. The van der Waals surface area contributed by atoms with Crippen LogP contribution in [0.4, 0.5) is 0 Å². The van der Waals surface area contributed by atoms with Crippen LogP contribution in [0, 0.1) is 13.8 Å². The summed E-state index contributed by atoms with van der Waals surface area (Å²) < 4.78 is 0. The molecule has 1 aromatic carbocycles. The van der Waals surface area contributed by atoms with Gasteiger partial charge in [0, 0.05) is 17.8 Å². The topological polar surface area (TPSA) is 83.8 Å². The molecule has 1 unspecified atom stereocenters. The van der Waals surface area contributed by atoms with Gasteiger partial charge in [0.2, 0.25) is 5.91 Å². The van der Waals surface area contributed by atoms with Crippen LogP contribution in [0.5, 0.6) is 0 Å². The highest BCUT2D eigenvalue weighted by Gasteiger charge is 2.15. The normalized spacial score (nSPS) is 12.2. The number of aryl methyl sites for hydroxylation is 2. The maximum atomic E-state index is 12.0. The van der Waals surface area contributed by atoms with E-state index in [9.17, 15) is 4.79 Å². The second kappa shape index (κ2) is 6.34. The Labute approximate surface area is 118 Å². The molecular weight excluding hydrogens is 252 g/mol. The van der Waals surface area contributed by atoms with Gasteiger partial charge < -0.3 is 11.1 Å². The molecule has 0 spiro atoms. The minimum atomic E-state index is -0.537. The predicted molar refractivity (Wildman–Crippen MR) is 78.0 cm³/mol. The van der Waals surface area contributed by atoms with Crippen LogP contribution in [-0.4, -0.2) is 22.1 Å². The first-order valence-electron chi connectivity index (χ1n) is 6.65. The molecule has 106 valence electrons. The number of nitrogens with one attached hydrogen (secondary N) is 2. The molecular formula is C15H20N4O. The molecule has 20 heavy (non-hydrogen) atoms. The van der Waals surface area contributed by atoms with E-state index in [0.717, 1.165) is 22.5 Å². The molecule has 5 heteroatoms. The molecule has 4 N–H and O–H groups in total. The first kappa shape index (κ1) is 14.3. The molecule has 0 bridgehead atoms. The number of aromatic amines is 1. The molecule has 1 atom stereocenters. The van der Waals surface area contributed by atoms with Crippen LogP contribution in [0.25, 0.3) is 0 Å². The Morgan fingerprint density at radius 2 is 2.05 bits per heavy atom. The summed E-state index contributed by atoms with van der Waals surface area (Å²) in [6.07, 6.45) is 0.538. The molecule has 2 aromatic rings. The number of amides is 1. The Bertz CT molecular complexity index is 557. The molecule has 0 fully saturated rings. The van der Waals surface area contributed by atoms with Crippen molar-refractivity contribution in [1.29, 1.82) is 0 Å². The van der Waals surface area contributed by atoms with E-state index < -0.39 is 6.04 Å². The van der Waals surface area contributed by atoms with Crippen molar-refractivity contribution in [2.24, 2.45) is 5.73 Å². The lowest BCUT2D eigenvalue weighted by Gasteiger charge is -2.12. The molecule has 0 saturated heterocycles. The Morgan fingerprint density at radius 3 is 2.65 bits per heavy atom. The van der Waals surface area contributed by atoms with E-state index in [4.69, 9.17) is 5.73 Å². The van der Waals surface area contributed by atoms with E-state index in [1.165, 1.54) is 0 Å². The van der Waals surface area contributed by atoms with Gasteiger partial charge in [-0.2, -0.15) is 5.10 Å². The van der Waals surface area contributed by atoms with Crippen LogP contribution in [0.1, 0.15) is 22.5 Å². The minimum absolute atomic E-state index is 0.145. The third-order valence-electron chi connectivity index (χ3n) is 3.36. The van der Waals surface area contributed by atoms with Crippen LogP contribution in [0.15, 0.2) is 30.3 Å². The number of rotatable bonds is 5. The molecule has 0 aliphatic heterocycles. The van der Waals surface area contributed by atoms with Gasteiger partial charge in [-0.05, 0) is 25.8 Å². The number of nitrogens with two attached hydrogens (primary N) is 1. The SMILES string of the molecule is Cc1n[nH]c(C)c1CNC(=O)C(N)Cc1ccccc1. The molecule has 0 aliphatic rings. The van der Waals surface area contributed by atoms with E-state index in [-0.39, 0.29) is 5.91 Å². The predicted octanol–water partition coefficient (Wildman–Crippen LogP) is 1.21. The first-order chi connectivity index (χ1) is 9.58. The zero-order valence-corrected chi connectivity index (χ0v) is 11.8. The van der Waals surface area contributed by atoms with Crippen LogP contribution in [-0.2, 0) is 17.8 Å². The maximum Gasteiger partial charge on any atom is 0.237 e. The van der Waals surface area contributed by atoms with Crippen molar-refractivity contribution < 1.29 is 4.79 Å². The number of benzene rings is 1. The van der Waals surface area contributed by atoms with Gasteiger partial charge in [-0.15, -0.1) is 0 Å². The highest BCUT2D eigenvalue weighted by molar-refractivity contribution is 5.81. The lowest BCUT2D eigenvalue weighted by molar-refractivity contribution is -0.122. The second-order valence-corrected chi connectivity index (χ2v) is 4.93. The van der Waals surface area contributed by atoms with Gasteiger partial charge >= 0.3 is 0 Å². The number of carbonyl (C=O) groups excluding carboxylic acids is 1. The van der Waals surface area contributed by atoms with Crippen molar-refractivity contribution >= 4 is 5.91 Å². The fourth-order valence-corrected chi connectivity index (χ4v) is 2.10. The summed E-state index contributed by atoms with van der Waals surface area (Å²) in [5, 5.41) is 9.86. The van der Waals surface area contributed by atoms with Gasteiger partial charge in [0.15, 0.2) is 0 Å². The third-order valence-corrected chi connectivity index (χ3v) is 3.36. The summed E-state index contributed by atoms with van der Waals surface area (Å²) in [4.78, 5) is 12.0. The lowest BCUT2D eigenvalue weighted by atomic mass is 10.1. The highest BCUT2D eigenvalue weighted by atomic mass is 16.2. The van der Waals surface area contributed by atoms with Crippen LogP contribution >= 0.6 is 0 Å². The number of aromatic nitrogens is 2. The molecule has 1 amide bonds. The average Bonchev–Trinajstić information content (AvgIpc) is 2.76. The number of hydrogen-bond donors (Lipinski definition) is 3. The lowest BCUT2D eigenvalue weighted by Crippen LogP contribution is -2.41. The minimum Gasteiger partial charge on any atom is -0.351 e. The van der Waals surface area contributed by atoms with Gasteiger partial charge in [-0.1, -0.05) is 30.3 Å². The smallest absolute Gasteiger partial charge is 0.237 e. The summed E-state index contributed by atoms with van der Waals surface area (Å²) >= 11 is 0. The summed E-state index contributed by atoms with van der Waals surface area (Å²) in [6.45, 7) is 4.30.